The Morgan fingerprint density at radius 3 is 2.08 bits per heavy atom. The quantitative estimate of drug-likeness (QED) is 0.373. The fourth-order valence-electron chi connectivity index (χ4n) is 3.66. The van der Waals surface area contributed by atoms with Crippen LogP contribution in [0.5, 0.6) is 0 Å². The van der Waals surface area contributed by atoms with Crippen molar-refractivity contribution in [2.75, 3.05) is 12.8 Å². The van der Waals surface area contributed by atoms with Crippen LogP contribution >= 0.6 is 23.2 Å². The van der Waals surface area contributed by atoms with Crippen molar-refractivity contribution in [1.29, 1.82) is 0 Å². The summed E-state index contributed by atoms with van der Waals surface area (Å²) >= 11 is 12.2. The molecular formula is C27H29Cl2N3O4S. The second-order valence-electron chi connectivity index (χ2n) is 8.65. The average molecular weight is 563 g/mol. The van der Waals surface area contributed by atoms with Crippen LogP contribution in [0.15, 0.2) is 78.9 Å². The number of hydrogen-bond acceptors (Lipinski definition) is 4. The first-order valence-electron chi connectivity index (χ1n) is 11.6. The van der Waals surface area contributed by atoms with Gasteiger partial charge in [-0.1, -0.05) is 83.9 Å². The Kier molecular flexibility index (Phi) is 10.1. The largest absolute Gasteiger partial charge is 0.350 e. The third-order valence-electron chi connectivity index (χ3n) is 5.83. The monoisotopic (exact) mass is 561 g/mol. The first-order chi connectivity index (χ1) is 17.5. The minimum atomic E-state index is -3.71. The summed E-state index contributed by atoms with van der Waals surface area (Å²) < 4.78 is 26.2. The molecule has 0 aliphatic heterocycles. The van der Waals surface area contributed by atoms with Gasteiger partial charge in [0.25, 0.3) is 0 Å². The Morgan fingerprint density at radius 2 is 1.46 bits per heavy atom. The van der Waals surface area contributed by atoms with E-state index < -0.39 is 34.4 Å². The number of halogens is 2. The SMILES string of the molecule is C[C@H](C(=O)NCc1ccccc1Cl)N(Cc1ccc(Cl)cc1)C(=O)CN(Cc1ccccc1)S(C)(=O)=O. The van der Waals surface area contributed by atoms with E-state index in [1.54, 1.807) is 73.7 Å². The van der Waals surface area contributed by atoms with Crippen molar-refractivity contribution in [3.05, 3.63) is 106 Å². The predicted molar refractivity (Wildman–Crippen MR) is 146 cm³/mol. The number of carbonyl (C=O) groups excluding carboxylic acids is 2. The van der Waals surface area contributed by atoms with E-state index in [4.69, 9.17) is 23.2 Å². The van der Waals surface area contributed by atoms with Gasteiger partial charge in [0.15, 0.2) is 0 Å². The summed E-state index contributed by atoms with van der Waals surface area (Å²) in [6.45, 7) is 1.52. The standard InChI is InChI=1S/C27H29Cl2N3O4S/c1-20(27(34)30-16-23-10-6-7-11-25(23)29)32(18-22-12-14-24(28)15-13-22)26(33)19-31(37(2,35)36)17-21-8-4-3-5-9-21/h3-15,20H,16-19H2,1-2H3,(H,30,34)/t20-/m1/s1. The Bertz CT molecular complexity index is 1320. The van der Waals surface area contributed by atoms with E-state index in [1.807, 2.05) is 12.1 Å². The molecule has 37 heavy (non-hydrogen) atoms. The van der Waals surface area contributed by atoms with Gasteiger partial charge in [-0.3, -0.25) is 9.59 Å². The normalized spacial score (nSPS) is 12.2. The Morgan fingerprint density at radius 1 is 0.865 bits per heavy atom. The molecule has 0 spiro atoms. The number of rotatable bonds is 11. The highest BCUT2D eigenvalue weighted by molar-refractivity contribution is 7.88. The summed E-state index contributed by atoms with van der Waals surface area (Å²) in [4.78, 5) is 28.0. The zero-order chi connectivity index (χ0) is 27.0. The predicted octanol–water partition coefficient (Wildman–Crippen LogP) is 4.49. The van der Waals surface area contributed by atoms with Crippen LogP contribution in [0.1, 0.15) is 23.6 Å². The molecule has 7 nitrogen and oxygen atoms in total. The van der Waals surface area contributed by atoms with Gasteiger partial charge in [0, 0.05) is 29.7 Å². The average Bonchev–Trinajstić information content (AvgIpc) is 2.87. The maximum Gasteiger partial charge on any atom is 0.242 e. The van der Waals surface area contributed by atoms with E-state index in [-0.39, 0.29) is 19.6 Å². The summed E-state index contributed by atoms with van der Waals surface area (Å²) in [7, 11) is -3.71. The highest BCUT2D eigenvalue weighted by Gasteiger charge is 2.30. The van der Waals surface area contributed by atoms with Gasteiger partial charge in [-0.15, -0.1) is 0 Å². The summed E-state index contributed by atoms with van der Waals surface area (Å²) in [5.41, 5.74) is 2.24. The van der Waals surface area contributed by atoms with Crippen molar-refractivity contribution >= 4 is 45.0 Å². The van der Waals surface area contributed by atoms with Gasteiger partial charge < -0.3 is 10.2 Å². The van der Waals surface area contributed by atoms with Crippen LogP contribution in [-0.2, 0) is 39.2 Å². The lowest BCUT2D eigenvalue weighted by molar-refractivity contribution is -0.140. The topological polar surface area (TPSA) is 86.8 Å². The molecule has 2 amide bonds. The molecule has 10 heteroatoms. The molecule has 0 aromatic heterocycles. The maximum absolute atomic E-state index is 13.5. The van der Waals surface area contributed by atoms with E-state index in [0.29, 0.717) is 10.0 Å². The first kappa shape index (κ1) is 28.7. The zero-order valence-electron chi connectivity index (χ0n) is 20.6. The van der Waals surface area contributed by atoms with Gasteiger partial charge in [-0.25, -0.2) is 8.42 Å². The molecule has 3 aromatic carbocycles. The number of carbonyl (C=O) groups is 2. The van der Waals surface area contributed by atoms with Gasteiger partial charge in [0.2, 0.25) is 21.8 Å². The van der Waals surface area contributed by atoms with E-state index >= 15 is 0 Å². The van der Waals surface area contributed by atoms with Crippen LogP contribution in [0.2, 0.25) is 10.0 Å². The Labute approximate surface area is 228 Å². The fraction of sp³-hybridized carbons (Fsp3) is 0.259. The first-order valence-corrected chi connectivity index (χ1v) is 14.2. The molecule has 0 radical (unpaired) electrons. The van der Waals surface area contributed by atoms with Gasteiger partial charge in [-0.05, 0) is 41.8 Å². The van der Waals surface area contributed by atoms with E-state index in [1.165, 1.54) is 4.90 Å². The number of hydrogen-bond donors (Lipinski definition) is 1. The molecule has 0 heterocycles. The van der Waals surface area contributed by atoms with Crippen LogP contribution in [0.3, 0.4) is 0 Å². The van der Waals surface area contributed by atoms with Crippen LogP contribution in [0.4, 0.5) is 0 Å². The highest BCUT2D eigenvalue weighted by atomic mass is 35.5. The van der Waals surface area contributed by atoms with Crippen LogP contribution in [-0.4, -0.2) is 48.3 Å². The number of nitrogens with zero attached hydrogens (tertiary/aromatic N) is 2. The molecule has 3 aromatic rings. The Hall–Kier alpha value is -2.91. The minimum Gasteiger partial charge on any atom is -0.350 e. The highest BCUT2D eigenvalue weighted by Crippen LogP contribution is 2.17. The molecular weight excluding hydrogens is 533 g/mol. The van der Waals surface area contributed by atoms with Crippen LogP contribution < -0.4 is 5.32 Å². The van der Waals surface area contributed by atoms with Crippen molar-refractivity contribution in [2.24, 2.45) is 0 Å². The van der Waals surface area contributed by atoms with Gasteiger partial charge >= 0.3 is 0 Å². The second kappa shape index (κ2) is 13.1. The third-order valence-corrected chi connectivity index (χ3v) is 7.64. The van der Waals surface area contributed by atoms with Gasteiger partial charge in [-0.2, -0.15) is 4.31 Å². The summed E-state index contributed by atoms with van der Waals surface area (Å²) in [5, 5.41) is 3.89. The molecule has 0 unspecified atom stereocenters. The van der Waals surface area contributed by atoms with E-state index in [9.17, 15) is 18.0 Å². The number of nitrogens with one attached hydrogen (secondary N) is 1. The maximum atomic E-state index is 13.5. The molecule has 3 rings (SSSR count). The molecule has 0 aliphatic carbocycles. The molecule has 0 saturated heterocycles. The van der Waals surface area contributed by atoms with Crippen LogP contribution in [0, 0.1) is 0 Å². The number of amides is 2. The summed E-state index contributed by atoms with van der Waals surface area (Å²) in [6.07, 6.45) is 1.06. The lowest BCUT2D eigenvalue weighted by atomic mass is 10.1. The van der Waals surface area contributed by atoms with Crippen molar-refractivity contribution in [3.63, 3.8) is 0 Å². The molecule has 0 fully saturated rings. The third kappa shape index (κ3) is 8.57. The molecule has 1 N–H and O–H groups in total. The van der Waals surface area contributed by atoms with Crippen molar-refractivity contribution < 1.29 is 18.0 Å². The van der Waals surface area contributed by atoms with Gasteiger partial charge in [0.05, 0.1) is 12.8 Å². The molecule has 0 bridgehead atoms. The minimum absolute atomic E-state index is 0.0350. The fourth-order valence-corrected chi connectivity index (χ4v) is 4.72. The molecule has 1 atom stereocenters. The Balaban J connectivity index is 1.81. The summed E-state index contributed by atoms with van der Waals surface area (Å²) in [5.74, 6) is -0.895. The smallest absolute Gasteiger partial charge is 0.242 e. The van der Waals surface area contributed by atoms with Crippen LogP contribution in [0.25, 0.3) is 0 Å². The number of sulfonamides is 1. The molecule has 196 valence electrons. The van der Waals surface area contributed by atoms with Gasteiger partial charge in [0.1, 0.15) is 6.04 Å². The van der Waals surface area contributed by atoms with E-state index in [0.717, 1.165) is 27.3 Å². The number of benzene rings is 3. The lowest BCUT2D eigenvalue weighted by Gasteiger charge is -2.31. The van der Waals surface area contributed by atoms with Crippen molar-refractivity contribution in [3.8, 4) is 0 Å². The second-order valence-corrected chi connectivity index (χ2v) is 11.5. The van der Waals surface area contributed by atoms with E-state index in [2.05, 4.69) is 5.32 Å². The lowest BCUT2D eigenvalue weighted by Crippen LogP contribution is -2.50. The molecule has 0 aliphatic rings. The van der Waals surface area contributed by atoms with Crippen molar-refractivity contribution in [1.82, 2.24) is 14.5 Å². The zero-order valence-corrected chi connectivity index (χ0v) is 22.9. The molecule has 0 saturated carbocycles. The van der Waals surface area contributed by atoms with Crippen molar-refractivity contribution in [2.45, 2.75) is 32.6 Å². The summed E-state index contributed by atoms with van der Waals surface area (Å²) in [6, 6.07) is 22.2.